The second-order valence-electron chi connectivity index (χ2n) is 3.21. The molecule has 0 radical (unpaired) electrons. The maximum Gasteiger partial charge on any atom is 0.215 e. The third-order valence-corrected chi connectivity index (χ3v) is 2.11. The second-order valence-corrected chi connectivity index (χ2v) is 3.21. The lowest BCUT2D eigenvalue weighted by Gasteiger charge is -2.06. The van der Waals surface area contributed by atoms with E-state index < -0.39 is 0 Å². The summed E-state index contributed by atoms with van der Waals surface area (Å²) >= 11 is 0. The van der Waals surface area contributed by atoms with Crippen molar-refractivity contribution >= 4 is 16.9 Å². The van der Waals surface area contributed by atoms with Crippen LogP contribution in [0.4, 0.5) is 5.82 Å². The van der Waals surface area contributed by atoms with Gasteiger partial charge in [0, 0.05) is 12.6 Å². The van der Waals surface area contributed by atoms with E-state index in [1.165, 1.54) is 6.33 Å². The molecule has 2 aromatic heterocycles. The van der Waals surface area contributed by atoms with Crippen LogP contribution < -0.4 is 10.1 Å². The van der Waals surface area contributed by atoms with Gasteiger partial charge in [-0.2, -0.15) is 4.98 Å². The summed E-state index contributed by atoms with van der Waals surface area (Å²) in [5, 5.41) is 4.08. The standard InChI is InChI=1S/C11H14N4O/c1-3-12-10-8-5-6-9(16-4-2)15-11(8)14-7-13-10/h5-7H,3-4H2,1-2H3,(H,12,13,14,15). The number of anilines is 1. The minimum absolute atomic E-state index is 0.594. The fraction of sp³-hybridized carbons (Fsp3) is 0.364. The first-order valence-electron chi connectivity index (χ1n) is 5.33. The van der Waals surface area contributed by atoms with Gasteiger partial charge in [-0.3, -0.25) is 0 Å². The van der Waals surface area contributed by atoms with Crippen LogP contribution in [0.3, 0.4) is 0 Å². The number of aromatic nitrogens is 3. The maximum absolute atomic E-state index is 5.32. The van der Waals surface area contributed by atoms with Crippen LogP contribution in [0.5, 0.6) is 5.88 Å². The summed E-state index contributed by atoms with van der Waals surface area (Å²) in [6.45, 7) is 5.37. The highest BCUT2D eigenvalue weighted by Gasteiger charge is 2.05. The van der Waals surface area contributed by atoms with Gasteiger partial charge in [0.15, 0.2) is 5.65 Å². The molecule has 0 aliphatic carbocycles. The van der Waals surface area contributed by atoms with Crippen molar-refractivity contribution < 1.29 is 4.74 Å². The minimum Gasteiger partial charge on any atom is -0.478 e. The van der Waals surface area contributed by atoms with E-state index in [0.29, 0.717) is 18.1 Å². The van der Waals surface area contributed by atoms with Gasteiger partial charge in [-0.05, 0) is 19.9 Å². The predicted molar refractivity (Wildman–Crippen MR) is 62.7 cm³/mol. The topological polar surface area (TPSA) is 59.9 Å². The fourth-order valence-electron chi connectivity index (χ4n) is 1.46. The molecular formula is C11H14N4O. The third-order valence-electron chi connectivity index (χ3n) is 2.11. The van der Waals surface area contributed by atoms with Gasteiger partial charge in [0.1, 0.15) is 12.1 Å². The van der Waals surface area contributed by atoms with Crippen LogP contribution in [0.25, 0.3) is 11.0 Å². The van der Waals surface area contributed by atoms with E-state index in [0.717, 1.165) is 17.7 Å². The van der Waals surface area contributed by atoms with Crippen LogP contribution in [-0.4, -0.2) is 28.1 Å². The molecule has 0 amide bonds. The summed E-state index contributed by atoms with van der Waals surface area (Å²) in [6.07, 6.45) is 1.50. The van der Waals surface area contributed by atoms with Crippen LogP contribution in [0.15, 0.2) is 18.5 Å². The number of hydrogen-bond donors (Lipinski definition) is 1. The largest absolute Gasteiger partial charge is 0.478 e. The normalized spacial score (nSPS) is 10.4. The Labute approximate surface area is 93.9 Å². The minimum atomic E-state index is 0.594. The summed E-state index contributed by atoms with van der Waals surface area (Å²) in [4.78, 5) is 12.6. The average molecular weight is 218 g/mol. The quantitative estimate of drug-likeness (QED) is 0.848. The number of pyridine rings is 1. The van der Waals surface area contributed by atoms with Crippen molar-refractivity contribution in [2.24, 2.45) is 0 Å². The van der Waals surface area contributed by atoms with Crippen molar-refractivity contribution in [3.63, 3.8) is 0 Å². The molecule has 2 rings (SSSR count). The molecule has 1 N–H and O–H groups in total. The zero-order valence-corrected chi connectivity index (χ0v) is 9.40. The SMILES string of the molecule is CCNc1ncnc2nc(OCC)ccc12. The second kappa shape index (κ2) is 4.74. The Morgan fingerprint density at radius 3 is 2.88 bits per heavy atom. The highest BCUT2D eigenvalue weighted by molar-refractivity contribution is 5.86. The Morgan fingerprint density at radius 2 is 2.12 bits per heavy atom. The van der Waals surface area contributed by atoms with Crippen LogP contribution in [-0.2, 0) is 0 Å². The molecule has 0 unspecified atom stereocenters. The lowest BCUT2D eigenvalue weighted by atomic mass is 10.3. The number of rotatable bonds is 4. The summed E-state index contributed by atoms with van der Waals surface area (Å²) < 4.78 is 5.32. The van der Waals surface area contributed by atoms with Crippen LogP contribution in [0.2, 0.25) is 0 Å². The van der Waals surface area contributed by atoms with E-state index in [1.807, 2.05) is 26.0 Å². The number of ether oxygens (including phenoxy) is 1. The van der Waals surface area contributed by atoms with Gasteiger partial charge < -0.3 is 10.1 Å². The molecule has 0 atom stereocenters. The van der Waals surface area contributed by atoms with Crippen molar-refractivity contribution in [2.45, 2.75) is 13.8 Å². The van der Waals surface area contributed by atoms with E-state index in [-0.39, 0.29) is 0 Å². The van der Waals surface area contributed by atoms with E-state index in [1.54, 1.807) is 0 Å². The Hall–Kier alpha value is -1.91. The van der Waals surface area contributed by atoms with Gasteiger partial charge in [-0.25, -0.2) is 9.97 Å². The Bertz CT molecular complexity index is 486. The van der Waals surface area contributed by atoms with E-state index in [4.69, 9.17) is 4.74 Å². The molecule has 0 saturated heterocycles. The molecule has 0 spiro atoms. The fourth-order valence-corrected chi connectivity index (χ4v) is 1.46. The third kappa shape index (κ3) is 2.03. The van der Waals surface area contributed by atoms with E-state index in [9.17, 15) is 0 Å². The molecule has 84 valence electrons. The summed E-state index contributed by atoms with van der Waals surface area (Å²) in [7, 11) is 0. The highest BCUT2D eigenvalue weighted by Crippen LogP contribution is 2.20. The van der Waals surface area contributed by atoms with Crippen LogP contribution in [0, 0.1) is 0 Å². The molecule has 2 heterocycles. The molecule has 16 heavy (non-hydrogen) atoms. The molecule has 0 bridgehead atoms. The summed E-state index contributed by atoms with van der Waals surface area (Å²) in [5.41, 5.74) is 0.650. The summed E-state index contributed by atoms with van der Waals surface area (Å²) in [5.74, 6) is 1.40. The van der Waals surface area contributed by atoms with Gasteiger partial charge in [-0.1, -0.05) is 0 Å². The Morgan fingerprint density at radius 1 is 1.25 bits per heavy atom. The van der Waals surface area contributed by atoms with Crippen molar-refractivity contribution in [1.82, 2.24) is 15.0 Å². The smallest absolute Gasteiger partial charge is 0.215 e. The lowest BCUT2D eigenvalue weighted by molar-refractivity contribution is 0.328. The Balaban J connectivity index is 2.46. The number of nitrogens with zero attached hydrogens (tertiary/aromatic N) is 3. The van der Waals surface area contributed by atoms with Gasteiger partial charge in [0.05, 0.1) is 12.0 Å². The van der Waals surface area contributed by atoms with Crippen molar-refractivity contribution in [2.75, 3.05) is 18.5 Å². The molecule has 0 aliphatic heterocycles. The molecule has 0 fully saturated rings. The van der Waals surface area contributed by atoms with E-state index in [2.05, 4.69) is 20.3 Å². The number of fused-ring (bicyclic) bond motifs is 1. The Kier molecular flexibility index (Phi) is 3.14. The van der Waals surface area contributed by atoms with Gasteiger partial charge in [0.2, 0.25) is 5.88 Å². The van der Waals surface area contributed by atoms with Crippen LogP contribution >= 0.6 is 0 Å². The van der Waals surface area contributed by atoms with Gasteiger partial charge in [-0.15, -0.1) is 0 Å². The molecule has 2 aromatic rings. The van der Waals surface area contributed by atoms with Crippen molar-refractivity contribution in [1.29, 1.82) is 0 Å². The van der Waals surface area contributed by atoms with Gasteiger partial charge in [0.25, 0.3) is 0 Å². The molecular weight excluding hydrogens is 204 g/mol. The first-order valence-corrected chi connectivity index (χ1v) is 5.33. The molecule has 0 aliphatic rings. The molecule has 5 heteroatoms. The average Bonchev–Trinajstić information content (AvgIpc) is 2.30. The first kappa shape index (κ1) is 10.6. The molecule has 5 nitrogen and oxygen atoms in total. The molecule has 0 aromatic carbocycles. The van der Waals surface area contributed by atoms with Gasteiger partial charge >= 0.3 is 0 Å². The number of nitrogens with one attached hydrogen (secondary N) is 1. The monoisotopic (exact) mass is 218 g/mol. The van der Waals surface area contributed by atoms with E-state index >= 15 is 0 Å². The maximum atomic E-state index is 5.32. The van der Waals surface area contributed by atoms with Crippen LogP contribution in [0.1, 0.15) is 13.8 Å². The summed E-state index contributed by atoms with van der Waals surface area (Å²) in [6, 6.07) is 3.75. The predicted octanol–water partition coefficient (Wildman–Crippen LogP) is 1.86. The highest BCUT2D eigenvalue weighted by atomic mass is 16.5. The zero-order chi connectivity index (χ0) is 11.4. The zero-order valence-electron chi connectivity index (χ0n) is 9.40. The van der Waals surface area contributed by atoms with Crippen molar-refractivity contribution in [3.05, 3.63) is 18.5 Å². The molecule has 0 saturated carbocycles. The lowest BCUT2D eigenvalue weighted by Crippen LogP contribution is -2.02. The first-order chi connectivity index (χ1) is 7.85. The number of hydrogen-bond acceptors (Lipinski definition) is 5. The van der Waals surface area contributed by atoms with Crippen molar-refractivity contribution in [3.8, 4) is 5.88 Å².